The molecule has 2 saturated heterocycles. The van der Waals surface area contributed by atoms with Gasteiger partial charge in [-0.1, -0.05) is 13.8 Å². The second kappa shape index (κ2) is 8.78. The number of fused-ring (bicyclic) bond motifs is 2. The minimum Gasteiger partial charge on any atom is -0.483 e. The first kappa shape index (κ1) is 21.9. The molecule has 3 aromatic rings. The highest BCUT2D eigenvalue weighted by Crippen LogP contribution is 2.33. The van der Waals surface area contributed by atoms with Gasteiger partial charge in [0.2, 0.25) is 0 Å². The van der Waals surface area contributed by atoms with Crippen molar-refractivity contribution in [2.45, 2.75) is 19.8 Å². The lowest BCUT2D eigenvalue weighted by molar-refractivity contribution is -0.132. The van der Waals surface area contributed by atoms with Gasteiger partial charge in [-0.15, -0.1) is 0 Å². The van der Waals surface area contributed by atoms with Crippen LogP contribution < -0.4 is 4.74 Å². The van der Waals surface area contributed by atoms with E-state index in [1.807, 2.05) is 29.7 Å². The molecule has 34 heavy (non-hydrogen) atoms. The molecule has 2 aromatic carbocycles. The number of carbonyl (C=O) groups excluding carboxylic acids is 2. The molecule has 0 unspecified atom stereocenters. The Morgan fingerprint density at radius 2 is 1.76 bits per heavy atom. The first-order chi connectivity index (χ1) is 16.4. The summed E-state index contributed by atoms with van der Waals surface area (Å²) in [5, 5.41) is 19.8. The van der Waals surface area contributed by atoms with Crippen molar-refractivity contribution in [1.29, 1.82) is 5.26 Å². The van der Waals surface area contributed by atoms with Gasteiger partial charge in [0, 0.05) is 43.6 Å². The summed E-state index contributed by atoms with van der Waals surface area (Å²) >= 11 is 0. The fourth-order valence-corrected chi connectivity index (χ4v) is 4.95. The van der Waals surface area contributed by atoms with E-state index in [0.29, 0.717) is 48.6 Å². The molecule has 0 bridgehead atoms. The first-order valence-electron chi connectivity index (χ1n) is 11.5. The molecule has 3 heterocycles. The number of aromatic amines is 1. The van der Waals surface area contributed by atoms with Crippen LogP contribution >= 0.6 is 0 Å². The van der Waals surface area contributed by atoms with Crippen molar-refractivity contribution in [1.82, 2.24) is 25.2 Å². The molecule has 2 atom stereocenters. The second-order valence-electron chi connectivity index (χ2n) is 9.36. The lowest BCUT2D eigenvalue weighted by Crippen LogP contribution is -2.37. The standard InChI is InChI=1S/C25H26N6O3/c1-15(2)20-7-16(9-26)3-6-23(20)34-14-24(32)30-10-18-12-31(13-19(18)11-30)25(33)17-4-5-21-22(8-17)28-29-27-21/h3-8,15,18-19H,10-14H2,1-2H3,(H,27,28,29)/t18-,19-/m0/s1. The van der Waals surface area contributed by atoms with Gasteiger partial charge in [0.1, 0.15) is 16.8 Å². The summed E-state index contributed by atoms with van der Waals surface area (Å²) in [6.45, 7) is 6.56. The van der Waals surface area contributed by atoms with Gasteiger partial charge in [-0.2, -0.15) is 20.7 Å². The minimum absolute atomic E-state index is 0.0115. The van der Waals surface area contributed by atoms with Gasteiger partial charge in [-0.05, 0) is 47.9 Å². The molecule has 174 valence electrons. The topological polar surface area (TPSA) is 115 Å². The van der Waals surface area contributed by atoms with Crippen molar-refractivity contribution in [3.63, 3.8) is 0 Å². The lowest BCUT2D eigenvalue weighted by Gasteiger charge is -2.22. The van der Waals surface area contributed by atoms with Crippen LogP contribution in [0.3, 0.4) is 0 Å². The molecule has 0 radical (unpaired) electrons. The zero-order valence-corrected chi connectivity index (χ0v) is 19.2. The number of H-pyrrole nitrogens is 1. The molecule has 0 spiro atoms. The molecular weight excluding hydrogens is 432 g/mol. The highest BCUT2D eigenvalue weighted by atomic mass is 16.5. The number of nitrogens with one attached hydrogen (secondary N) is 1. The Kier molecular flexibility index (Phi) is 5.65. The SMILES string of the molecule is CC(C)c1cc(C#N)ccc1OCC(=O)N1C[C@H]2CN(C(=O)c3ccc4n[nH]nc4c3)C[C@@H]2C1. The summed E-state index contributed by atoms with van der Waals surface area (Å²) in [5.41, 5.74) is 3.50. The van der Waals surface area contributed by atoms with E-state index in [1.54, 1.807) is 30.3 Å². The Balaban J connectivity index is 1.17. The Morgan fingerprint density at radius 3 is 2.47 bits per heavy atom. The number of rotatable bonds is 5. The highest BCUT2D eigenvalue weighted by Gasteiger charge is 2.43. The molecule has 0 aliphatic carbocycles. The van der Waals surface area contributed by atoms with Crippen molar-refractivity contribution < 1.29 is 14.3 Å². The summed E-state index contributed by atoms with van der Waals surface area (Å²) in [4.78, 5) is 29.6. The van der Waals surface area contributed by atoms with Gasteiger partial charge >= 0.3 is 0 Å². The average molecular weight is 459 g/mol. The van der Waals surface area contributed by atoms with E-state index >= 15 is 0 Å². The third-order valence-corrected chi connectivity index (χ3v) is 6.80. The number of aromatic nitrogens is 3. The Bertz CT molecular complexity index is 1280. The average Bonchev–Trinajstić information content (AvgIpc) is 3.56. The predicted octanol–water partition coefficient (Wildman–Crippen LogP) is 2.56. The van der Waals surface area contributed by atoms with Crippen molar-refractivity contribution in [2.24, 2.45) is 11.8 Å². The number of likely N-dealkylation sites (tertiary alicyclic amines) is 2. The summed E-state index contributed by atoms with van der Waals surface area (Å²) < 4.78 is 5.86. The zero-order valence-electron chi connectivity index (χ0n) is 19.2. The fourth-order valence-electron chi connectivity index (χ4n) is 4.95. The van der Waals surface area contributed by atoms with E-state index < -0.39 is 0 Å². The maximum absolute atomic E-state index is 13.0. The van der Waals surface area contributed by atoms with Crippen LogP contribution in [0.2, 0.25) is 0 Å². The summed E-state index contributed by atoms with van der Waals surface area (Å²) in [5.74, 6) is 1.29. The molecule has 1 aromatic heterocycles. The van der Waals surface area contributed by atoms with Gasteiger partial charge in [-0.25, -0.2) is 0 Å². The molecule has 2 aliphatic heterocycles. The van der Waals surface area contributed by atoms with Gasteiger partial charge < -0.3 is 14.5 Å². The van der Waals surface area contributed by atoms with Crippen LogP contribution in [0.25, 0.3) is 11.0 Å². The normalized spacial score (nSPS) is 19.5. The Hall–Kier alpha value is -3.93. The maximum Gasteiger partial charge on any atom is 0.260 e. The van der Waals surface area contributed by atoms with E-state index in [9.17, 15) is 9.59 Å². The van der Waals surface area contributed by atoms with Crippen LogP contribution in [0.4, 0.5) is 0 Å². The van der Waals surface area contributed by atoms with Crippen LogP contribution in [0.5, 0.6) is 5.75 Å². The second-order valence-corrected chi connectivity index (χ2v) is 9.36. The fraction of sp³-hybridized carbons (Fsp3) is 0.400. The monoisotopic (exact) mass is 458 g/mol. The molecule has 5 rings (SSSR count). The van der Waals surface area contributed by atoms with E-state index in [-0.39, 0.29) is 36.2 Å². The molecule has 9 heteroatoms. The quantitative estimate of drug-likeness (QED) is 0.628. The van der Waals surface area contributed by atoms with Crippen molar-refractivity contribution >= 4 is 22.8 Å². The number of ether oxygens (including phenoxy) is 1. The molecule has 0 saturated carbocycles. The summed E-state index contributed by atoms with van der Waals surface area (Å²) in [6, 6.07) is 12.8. The van der Waals surface area contributed by atoms with Crippen molar-refractivity contribution in [3.8, 4) is 11.8 Å². The van der Waals surface area contributed by atoms with Gasteiger partial charge in [0.15, 0.2) is 6.61 Å². The molecule has 2 aliphatic rings. The number of benzene rings is 2. The summed E-state index contributed by atoms with van der Waals surface area (Å²) in [7, 11) is 0. The number of hydrogen-bond donors (Lipinski definition) is 1. The molecule has 2 amide bonds. The number of nitriles is 1. The van der Waals surface area contributed by atoms with E-state index in [4.69, 9.17) is 10.00 Å². The highest BCUT2D eigenvalue weighted by molar-refractivity contribution is 5.97. The lowest BCUT2D eigenvalue weighted by atomic mass is 10.00. The number of hydrogen-bond acceptors (Lipinski definition) is 6. The van der Waals surface area contributed by atoms with Crippen LogP contribution in [-0.4, -0.2) is 69.8 Å². The first-order valence-corrected chi connectivity index (χ1v) is 11.5. The van der Waals surface area contributed by atoms with Crippen molar-refractivity contribution in [2.75, 3.05) is 32.8 Å². The molecular formula is C25H26N6O3. The molecule has 2 fully saturated rings. The van der Waals surface area contributed by atoms with Gasteiger partial charge in [0.25, 0.3) is 11.8 Å². The minimum atomic E-state index is -0.0529. The third kappa shape index (κ3) is 4.07. The molecule has 1 N–H and O–H groups in total. The van der Waals surface area contributed by atoms with Crippen LogP contribution in [0.15, 0.2) is 36.4 Å². The van der Waals surface area contributed by atoms with Crippen LogP contribution in [0.1, 0.15) is 41.3 Å². The van der Waals surface area contributed by atoms with Crippen LogP contribution in [0, 0.1) is 23.2 Å². The number of carbonyl (C=O) groups is 2. The van der Waals surface area contributed by atoms with E-state index in [1.165, 1.54) is 0 Å². The number of amides is 2. The van der Waals surface area contributed by atoms with E-state index in [0.717, 1.165) is 11.1 Å². The van der Waals surface area contributed by atoms with Crippen molar-refractivity contribution in [3.05, 3.63) is 53.1 Å². The Labute approximate surface area is 197 Å². The summed E-state index contributed by atoms with van der Waals surface area (Å²) in [6.07, 6.45) is 0. The number of nitrogens with zero attached hydrogens (tertiary/aromatic N) is 5. The largest absolute Gasteiger partial charge is 0.483 e. The van der Waals surface area contributed by atoms with Crippen LogP contribution in [-0.2, 0) is 4.79 Å². The Morgan fingerprint density at radius 1 is 1.06 bits per heavy atom. The van der Waals surface area contributed by atoms with E-state index in [2.05, 4.69) is 21.5 Å². The predicted molar refractivity (Wildman–Crippen MR) is 124 cm³/mol. The third-order valence-electron chi connectivity index (χ3n) is 6.80. The van der Waals surface area contributed by atoms with Gasteiger partial charge in [-0.3, -0.25) is 9.59 Å². The smallest absolute Gasteiger partial charge is 0.260 e. The maximum atomic E-state index is 13.0. The van der Waals surface area contributed by atoms with Gasteiger partial charge in [0.05, 0.1) is 11.6 Å². The molecule has 9 nitrogen and oxygen atoms in total. The zero-order chi connectivity index (χ0) is 23.8.